The summed E-state index contributed by atoms with van der Waals surface area (Å²) in [7, 11) is 0. The third-order valence-electron chi connectivity index (χ3n) is 3.71. The van der Waals surface area contributed by atoms with Crippen LogP contribution in [-0.4, -0.2) is 18.0 Å². The number of nitrogens with two attached hydrogens (primary N) is 1. The zero-order chi connectivity index (χ0) is 12.8. The maximum absolute atomic E-state index is 12.0. The molecule has 0 saturated heterocycles. The Morgan fingerprint density at radius 2 is 2.00 bits per heavy atom. The number of rotatable bonds is 6. The predicted molar refractivity (Wildman–Crippen MR) is 71.6 cm³/mol. The van der Waals surface area contributed by atoms with E-state index in [2.05, 4.69) is 26.1 Å². The minimum absolute atomic E-state index is 0.0579. The van der Waals surface area contributed by atoms with Gasteiger partial charge in [0.1, 0.15) is 0 Å². The maximum atomic E-state index is 12.0. The van der Waals surface area contributed by atoms with E-state index in [1.807, 2.05) is 0 Å². The minimum atomic E-state index is 0.0579. The fourth-order valence-corrected chi connectivity index (χ4v) is 2.57. The fourth-order valence-electron chi connectivity index (χ4n) is 2.57. The highest BCUT2D eigenvalue weighted by Crippen LogP contribution is 2.24. The first-order valence-corrected chi connectivity index (χ1v) is 7.06. The van der Waals surface area contributed by atoms with Crippen molar-refractivity contribution in [2.75, 3.05) is 0 Å². The molecule has 0 aliphatic heterocycles. The highest BCUT2D eigenvalue weighted by molar-refractivity contribution is 5.79. The molecule has 0 radical (unpaired) electrons. The average Bonchev–Trinajstić information content (AvgIpc) is 2.63. The van der Waals surface area contributed by atoms with Gasteiger partial charge in [0.05, 0.1) is 5.92 Å². The van der Waals surface area contributed by atoms with E-state index in [-0.39, 0.29) is 23.9 Å². The number of carbonyl (C=O) groups is 1. The van der Waals surface area contributed by atoms with Crippen LogP contribution in [0.2, 0.25) is 0 Å². The molecule has 1 rings (SSSR count). The Hall–Kier alpha value is -0.570. The van der Waals surface area contributed by atoms with Crippen molar-refractivity contribution >= 4 is 5.91 Å². The summed E-state index contributed by atoms with van der Waals surface area (Å²) in [5, 5.41) is 3.11. The van der Waals surface area contributed by atoms with Crippen LogP contribution in [0.5, 0.6) is 0 Å². The quantitative estimate of drug-likeness (QED) is 0.749. The van der Waals surface area contributed by atoms with Gasteiger partial charge < -0.3 is 11.1 Å². The average molecular weight is 240 g/mol. The summed E-state index contributed by atoms with van der Waals surface area (Å²) in [6, 6.07) is 0.368. The molecule has 1 amide bonds. The van der Waals surface area contributed by atoms with Crippen molar-refractivity contribution in [3.8, 4) is 0 Å². The van der Waals surface area contributed by atoms with Crippen LogP contribution in [0.15, 0.2) is 0 Å². The summed E-state index contributed by atoms with van der Waals surface area (Å²) in [4.78, 5) is 12.0. The maximum Gasteiger partial charge on any atom is 0.224 e. The molecule has 3 unspecified atom stereocenters. The van der Waals surface area contributed by atoms with Crippen molar-refractivity contribution in [1.29, 1.82) is 0 Å². The van der Waals surface area contributed by atoms with E-state index in [9.17, 15) is 4.79 Å². The van der Waals surface area contributed by atoms with Gasteiger partial charge in [-0.05, 0) is 32.1 Å². The van der Waals surface area contributed by atoms with Gasteiger partial charge in [-0.25, -0.2) is 0 Å². The van der Waals surface area contributed by atoms with Crippen molar-refractivity contribution in [3.63, 3.8) is 0 Å². The topological polar surface area (TPSA) is 55.1 Å². The normalized spacial score (nSPS) is 26.2. The predicted octanol–water partition coefficient (Wildman–Crippen LogP) is 2.44. The summed E-state index contributed by atoms with van der Waals surface area (Å²) in [6.07, 6.45) is 6.57. The van der Waals surface area contributed by atoms with Gasteiger partial charge >= 0.3 is 0 Å². The lowest BCUT2D eigenvalue weighted by molar-refractivity contribution is -0.125. The monoisotopic (exact) mass is 240 g/mol. The van der Waals surface area contributed by atoms with Crippen molar-refractivity contribution in [2.45, 2.75) is 71.4 Å². The lowest BCUT2D eigenvalue weighted by Gasteiger charge is -2.19. The molecule has 1 saturated carbocycles. The van der Waals surface area contributed by atoms with E-state index in [1.165, 1.54) is 12.8 Å². The third kappa shape index (κ3) is 5.07. The van der Waals surface area contributed by atoms with Gasteiger partial charge in [-0.1, -0.05) is 33.1 Å². The van der Waals surface area contributed by atoms with Crippen LogP contribution in [0.3, 0.4) is 0 Å². The first-order valence-electron chi connectivity index (χ1n) is 7.06. The van der Waals surface area contributed by atoms with Crippen molar-refractivity contribution < 1.29 is 4.79 Å². The first-order chi connectivity index (χ1) is 8.00. The van der Waals surface area contributed by atoms with E-state index in [0.29, 0.717) is 0 Å². The molecule has 0 bridgehead atoms. The van der Waals surface area contributed by atoms with Gasteiger partial charge in [-0.15, -0.1) is 0 Å². The second-order valence-corrected chi connectivity index (χ2v) is 5.94. The Balaban J connectivity index is 2.21. The molecule has 0 aromatic heterocycles. The van der Waals surface area contributed by atoms with Gasteiger partial charge in [0.2, 0.25) is 5.91 Å². The van der Waals surface area contributed by atoms with Gasteiger partial charge in [0.15, 0.2) is 0 Å². The van der Waals surface area contributed by atoms with Crippen LogP contribution < -0.4 is 11.1 Å². The van der Waals surface area contributed by atoms with Crippen LogP contribution in [0.1, 0.15) is 59.3 Å². The number of carbonyl (C=O) groups excluding carboxylic acids is 1. The summed E-state index contributed by atoms with van der Waals surface area (Å²) in [5.41, 5.74) is 5.93. The van der Waals surface area contributed by atoms with Crippen LogP contribution in [0.4, 0.5) is 0 Å². The minimum Gasteiger partial charge on any atom is -0.353 e. The highest BCUT2D eigenvalue weighted by Gasteiger charge is 2.30. The van der Waals surface area contributed by atoms with E-state index < -0.39 is 0 Å². The Labute approximate surface area is 106 Å². The number of hydrogen-bond donors (Lipinski definition) is 2. The first kappa shape index (κ1) is 14.5. The molecule has 1 fully saturated rings. The number of hydrogen-bond acceptors (Lipinski definition) is 2. The lowest BCUT2D eigenvalue weighted by atomic mass is 10.0. The largest absolute Gasteiger partial charge is 0.353 e. The van der Waals surface area contributed by atoms with Crippen molar-refractivity contribution in [1.82, 2.24) is 5.32 Å². The molecule has 3 N–H and O–H groups in total. The summed E-state index contributed by atoms with van der Waals surface area (Å²) in [6.45, 7) is 6.57. The third-order valence-corrected chi connectivity index (χ3v) is 3.71. The Bertz CT molecular complexity index is 240. The van der Waals surface area contributed by atoms with Crippen LogP contribution in [-0.2, 0) is 4.79 Å². The highest BCUT2D eigenvalue weighted by atomic mass is 16.2. The van der Waals surface area contributed by atoms with E-state index in [1.54, 1.807) is 0 Å². The molecule has 1 aliphatic carbocycles. The second kappa shape index (κ2) is 7.00. The molecule has 17 heavy (non-hydrogen) atoms. The molecule has 3 heteroatoms. The molecular weight excluding hydrogens is 212 g/mol. The van der Waals surface area contributed by atoms with Gasteiger partial charge in [-0.3, -0.25) is 4.79 Å². The molecule has 0 spiro atoms. The van der Waals surface area contributed by atoms with E-state index in [0.717, 1.165) is 31.6 Å². The molecule has 3 atom stereocenters. The molecule has 0 aromatic rings. The molecular formula is C14H28N2O. The van der Waals surface area contributed by atoms with E-state index >= 15 is 0 Å². The van der Waals surface area contributed by atoms with Crippen molar-refractivity contribution in [2.24, 2.45) is 17.6 Å². The standard InChI is InChI=1S/C14H28N2O/c1-10(2)6-4-7-11(3)16-14(17)12-8-5-9-13(12)15/h10-13H,4-9,15H2,1-3H3,(H,16,17). The molecule has 100 valence electrons. The fraction of sp³-hybridized carbons (Fsp3) is 0.929. The van der Waals surface area contributed by atoms with Gasteiger partial charge in [-0.2, -0.15) is 0 Å². The van der Waals surface area contributed by atoms with Crippen molar-refractivity contribution in [3.05, 3.63) is 0 Å². The van der Waals surface area contributed by atoms with Crippen LogP contribution >= 0.6 is 0 Å². The van der Waals surface area contributed by atoms with Crippen LogP contribution in [0, 0.1) is 11.8 Å². The van der Waals surface area contributed by atoms with Gasteiger partial charge in [0, 0.05) is 12.1 Å². The smallest absolute Gasteiger partial charge is 0.224 e. The zero-order valence-electron chi connectivity index (χ0n) is 11.5. The Morgan fingerprint density at radius 1 is 1.29 bits per heavy atom. The van der Waals surface area contributed by atoms with Gasteiger partial charge in [0.25, 0.3) is 0 Å². The summed E-state index contributed by atoms with van der Waals surface area (Å²) < 4.78 is 0. The van der Waals surface area contributed by atoms with Crippen LogP contribution in [0.25, 0.3) is 0 Å². The summed E-state index contributed by atoms with van der Waals surface area (Å²) >= 11 is 0. The lowest BCUT2D eigenvalue weighted by Crippen LogP contribution is -2.42. The molecule has 1 aliphatic rings. The van der Waals surface area contributed by atoms with E-state index in [4.69, 9.17) is 5.73 Å². The SMILES string of the molecule is CC(C)CCCC(C)NC(=O)C1CCCC1N. The summed E-state index contributed by atoms with van der Waals surface area (Å²) in [5.74, 6) is 0.982. The Kier molecular flexibility index (Phi) is 5.96. The molecule has 0 heterocycles. The molecule has 0 aromatic carbocycles. The number of nitrogens with one attached hydrogen (secondary N) is 1. The zero-order valence-corrected chi connectivity index (χ0v) is 11.5. The Morgan fingerprint density at radius 3 is 2.53 bits per heavy atom. The molecule has 3 nitrogen and oxygen atoms in total. The number of amides is 1. The second-order valence-electron chi connectivity index (χ2n) is 5.94.